The molecule has 2 aliphatic heterocycles. The molecule has 154 valence electrons. The second-order valence-corrected chi connectivity index (χ2v) is 9.03. The molecular formula is C22H34N4O2. The molecule has 3 heterocycles. The monoisotopic (exact) mass is 386 g/mol. The fourth-order valence-corrected chi connectivity index (χ4v) is 4.73. The lowest BCUT2D eigenvalue weighted by Gasteiger charge is -2.42. The van der Waals surface area contributed by atoms with Gasteiger partial charge >= 0.3 is 0 Å². The zero-order valence-electron chi connectivity index (χ0n) is 17.3. The van der Waals surface area contributed by atoms with Crippen molar-refractivity contribution in [2.75, 3.05) is 26.2 Å². The third-order valence-corrected chi connectivity index (χ3v) is 6.82. The molecule has 4 rings (SSSR count). The fourth-order valence-electron chi connectivity index (χ4n) is 4.73. The van der Waals surface area contributed by atoms with Gasteiger partial charge in [0.05, 0.1) is 5.92 Å². The highest BCUT2D eigenvalue weighted by Crippen LogP contribution is 2.26. The van der Waals surface area contributed by atoms with Crippen LogP contribution in [0.25, 0.3) is 0 Å². The van der Waals surface area contributed by atoms with Gasteiger partial charge in [-0.25, -0.2) is 0 Å². The zero-order valence-corrected chi connectivity index (χ0v) is 17.3. The highest BCUT2D eigenvalue weighted by molar-refractivity contribution is 5.79. The first-order valence-corrected chi connectivity index (χ1v) is 11.0. The van der Waals surface area contributed by atoms with Gasteiger partial charge in [-0.1, -0.05) is 0 Å². The van der Waals surface area contributed by atoms with E-state index in [0.717, 1.165) is 88.1 Å². The molecule has 1 aromatic heterocycles. The largest absolute Gasteiger partial charge is 0.363 e. The summed E-state index contributed by atoms with van der Waals surface area (Å²) >= 11 is 0. The molecular weight excluding hydrogens is 352 g/mol. The number of aryl methyl sites for hydroxylation is 1. The van der Waals surface area contributed by atoms with Crippen LogP contribution >= 0.6 is 0 Å². The van der Waals surface area contributed by atoms with Crippen molar-refractivity contribution >= 4 is 5.91 Å². The van der Waals surface area contributed by atoms with Gasteiger partial charge in [0.1, 0.15) is 0 Å². The van der Waals surface area contributed by atoms with Crippen LogP contribution in [0.2, 0.25) is 0 Å². The van der Waals surface area contributed by atoms with Gasteiger partial charge in [-0.2, -0.15) is 0 Å². The second-order valence-electron chi connectivity index (χ2n) is 9.03. The van der Waals surface area contributed by atoms with Crippen molar-refractivity contribution in [2.45, 2.75) is 71.0 Å². The first-order valence-electron chi connectivity index (χ1n) is 11.0. The molecule has 1 aromatic rings. The average molecular weight is 387 g/mol. The van der Waals surface area contributed by atoms with E-state index in [-0.39, 0.29) is 17.3 Å². The molecule has 0 aromatic carbocycles. The first kappa shape index (κ1) is 19.6. The van der Waals surface area contributed by atoms with E-state index in [2.05, 4.69) is 20.1 Å². The minimum absolute atomic E-state index is 0.160. The van der Waals surface area contributed by atoms with Crippen molar-refractivity contribution in [1.29, 1.82) is 0 Å². The number of aromatic nitrogens is 1. The number of rotatable bonds is 5. The topological polar surface area (TPSA) is 68.4 Å². The smallest absolute Gasteiger partial charge is 0.224 e. The minimum Gasteiger partial charge on any atom is -0.363 e. The Morgan fingerprint density at radius 3 is 2.61 bits per heavy atom. The van der Waals surface area contributed by atoms with Crippen LogP contribution in [0.1, 0.15) is 55.3 Å². The van der Waals surface area contributed by atoms with E-state index < -0.39 is 0 Å². The third-order valence-electron chi connectivity index (χ3n) is 6.82. The highest BCUT2D eigenvalue weighted by Gasteiger charge is 2.33. The zero-order chi connectivity index (χ0) is 19.7. The van der Waals surface area contributed by atoms with Crippen LogP contribution in [0.5, 0.6) is 0 Å². The van der Waals surface area contributed by atoms with E-state index in [9.17, 15) is 9.59 Å². The van der Waals surface area contributed by atoms with Gasteiger partial charge in [-0.15, -0.1) is 0 Å². The SMILES string of the molecule is Cc1c[nH]c(CN2CCC(N3CCC[C@H](C(=O)NC4CC4)C3)CC2)c(C)c1=O. The lowest BCUT2D eigenvalue weighted by molar-refractivity contribution is -0.127. The van der Waals surface area contributed by atoms with E-state index >= 15 is 0 Å². The molecule has 0 bridgehead atoms. The van der Waals surface area contributed by atoms with Crippen molar-refractivity contribution in [3.8, 4) is 0 Å². The summed E-state index contributed by atoms with van der Waals surface area (Å²) in [5, 5.41) is 3.19. The Hall–Kier alpha value is -1.66. The Morgan fingerprint density at radius 2 is 1.89 bits per heavy atom. The number of nitrogens with one attached hydrogen (secondary N) is 2. The van der Waals surface area contributed by atoms with Crippen molar-refractivity contribution in [2.24, 2.45) is 5.92 Å². The number of carbonyl (C=O) groups is 1. The molecule has 28 heavy (non-hydrogen) atoms. The van der Waals surface area contributed by atoms with E-state index in [0.29, 0.717) is 12.1 Å². The van der Waals surface area contributed by atoms with Crippen LogP contribution in [0, 0.1) is 19.8 Å². The van der Waals surface area contributed by atoms with Crippen molar-refractivity contribution < 1.29 is 4.79 Å². The number of hydrogen-bond acceptors (Lipinski definition) is 4. The molecule has 1 amide bonds. The lowest BCUT2D eigenvalue weighted by atomic mass is 9.93. The van der Waals surface area contributed by atoms with Crippen LogP contribution in [0.4, 0.5) is 0 Å². The Balaban J connectivity index is 1.28. The lowest BCUT2D eigenvalue weighted by Crippen LogP contribution is -2.50. The maximum atomic E-state index is 12.4. The second kappa shape index (κ2) is 8.37. The van der Waals surface area contributed by atoms with E-state index in [1.54, 1.807) is 0 Å². The Bertz CT molecular complexity index is 762. The number of H-pyrrole nitrogens is 1. The molecule has 1 aliphatic carbocycles. The molecule has 0 radical (unpaired) electrons. The maximum Gasteiger partial charge on any atom is 0.224 e. The standard InChI is InChI=1S/C22H34N4O2/c1-15-12-23-20(16(2)21(15)27)14-25-10-7-19(8-11-25)26-9-3-4-17(13-26)22(28)24-18-5-6-18/h12,17-19H,3-11,13-14H2,1-2H3,(H,23,27)(H,24,28)/t17-/m0/s1. The van der Waals surface area contributed by atoms with Crippen LogP contribution in [-0.2, 0) is 11.3 Å². The van der Waals surface area contributed by atoms with Crippen LogP contribution < -0.4 is 10.7 Å². The van der Waals surface area contributed by atoms with Crippen molar-refractivity contribution in [1.82, 2.24) is 20.1 Å². The third kappa shape index (κ3) is 4.49. The van der Waals surface area contributed by atoms with E-state index in [1.807, 2.05) is 20.0 Å². The summed E-state index contributed by atoms with van der Waals surface area (Å²) in [6.07, 6.45) is 8.61. The number of amides is 1. The number of pyridine rings is 1. The number of carbonyl (C=O) groups excluding carboxylic acids is 1. The van der Waals surface area contributed by atoms with Crippen LogP contribution in [-0.4, -0.2) is 59.0 Å². The quantitative estimate of drug-likeness (QED) is 0.812. The molecule has 3 fully saturated rings. The predicted molar refractivity (Wildman–Crippen MR) is 110 cm³/mol. The van der Waals surface area contributed by atoms with Crippen LogP contribution in [0.15, 0.2) is 11.0 Å². The molecule has 6 nitrogen and oxygen atoms in total. The average Bonchev–Trinajstić information content (AvgIpc) is 3.53. The number of likely N-dealkylation sites (tertiary alicyclic amines) is 2. The summed E-state index contributed by atoms with van der Waals surface area (Å²) in [6.45, 7) is 8.76. The van der Waals surface area contributed by atoms with Gasteiger partial charge in [-0.3, -0.25) is 19.4 Å². The normalized spacial score (nSPS) is 25.0. The highest BCUT2D eigenvalue weighted by atomic mass is 16.2. The fraction of sp³-hybridized carbons (Fsp3) is 0.727. The summed E-state index contributed by atoms with van der Waals surface area (Å²) in [5.74, 6) is 0.455. The van der Waals surface area contributed by atoms with Gasteiger partial charge in [0.2, 0.25) is 5.91 Å². The molecule has 1 saturated carbocycles. The molecule has 2 saturated heterocycles. The first-order chi connectivity index (χ1) is 13.5. The molecule has 1 atom stereocenters. The van der Waals surface area contributed by atoms with E-state index in [4.69, 9.17) is 0 Å². The summed E-state index contributed by atoms with van der Waals surface area (Å²) in [4.78, 5) is 32.9. The van der Waals surface area contributed by atoms with Gasteiger partial charge < -0.3 is 10.3 Å². The summed E-state index contributed by atoms with van der Waals surface area (Å²) in [7, 11) is 0. The molecule has 0 spiro atoms. The Kier molecular flexibility index (Phi) is 5.88. The Labute approximate surface area is 167 Å². The number of nitrogens with zero attached hydrogens (tertiary/aromatic N) is 2. The predicted octanol–water partition coefficient (Wildman–Crippen LogP) is 1.95. The molecule has 3 aliphatic rings. The molecule has 0 unspecified atom stereocenters. The van der Waals surface area contributed by atoms with Gasteiger partial charge in [-0.05, 0) is 58.9 Å². The number of aromatic amines is 1. The minimum atomic E-state index is 0.160. The number of piperidine rings is 2. The number of hydrogen-bond donors (Lipinski definition) is 2. The van der Waals surface area contributed by atoms with Gasteiger partial charge in [0, 0.05) is 61.3 Å². The van der Waals surface area contributed by atoms with Gasteiger partial charge in [0.25, 0.3) is 0 Å². The van der Waals surface area contributed by atoms with Crippen LogP contribution in [0.3, 0.4) is 0 Å². The summed E-state index contributed by atoms with van der Waals surface area (Å²) in [6, 6.07) is 1.05. The summed E-state index contributed by atoms with van der Waals surface area (Å²) in [5.41, 5.74) is 2.84. The van der Waals surface area contributed by atoms with Gasteiger partial charge in [0.15, 0.2) is 5.43 Å². The van der Waals surface area contributed by atoms with E-state index in [1.165, 1.54) is 0 Å². The van der Waals surface area contributed by atoms with Crippen molar-refractivity contribution in [3.05, 3.63) is 33.2 Å². The molecule has 2 N–H and O–H groups in total. The van der Waals surface area contributed by atoms with Crippen molar-refractivity contribution in [3.63, 3.8) is 0 Å². The molecule has 6 heteroatoms. The summed E-state index contributed by atoms with van der Waals surface area (Å²) < 4.78 is 0. The maximum absolute atomic E-state index is 12.4. The Morgan fingerprint density at radius 1 is 1.14 bits per heavy atom.